The van der Waals surface area contributed by atoms with Crippen LogP contribution in [-0.2, 0) is 11.3 Å². The molecule has 0 spiro atoms. The van der Waals surface area contributed by atoms with E-state index in [0.29, 0.717) is 22.6 Å². The van der Waals surface area contributed by atoms with Crippen LogP contribution in [0.5, 0.6) is 5.75 Å². The fourth-order valence-corrected chi connectivity index (χ4v) is 4.34. The van der Waals surface area contributed by atoms with Crippen LogP contribution in [0.3, 0.4) is 0 Å². The van der Waals surface area contributed by atoms with E-state index in [-0.39, 0.29) is 35.4 Å². The minimum Gasteiger partial charge on any atom is -0.485 e. The predicted molar refractivity (Wildman–Crippen MR) is 130 cm³/mol. The number of furan rings is 1. The maximum absolute atomic E-state index is 12.9. The highest BCUT2D eigenvalue weighted by molar-refractivity contribution is 7.18. The number of carbonyl (C=O) groups is 3. The van der Waals surface area contributed by atoms with Crippen molar-refractivity contribution in [2.45, 2.75) is 33.8 Å². The van der Waals surface area contributed by atoms with Gasteiger partial charge in [-0.15, -0.1) is 11.3 Å². The Morgan fingerprint density at radius 3 is 2.50 bits per heavy atom. The smallest absolute Gasteiger partial charge is 0.341 e. The summed E-state index contributed by atoms with van der Waals surface area (Å²) in [4.78, 5) is 39.9. The number of rotatable bonds is 9. The fraction of sp³-hybridized carbons (Fsp3) is 0.320. The molecule has 0 aliphatic rings. The average molecular weight is 485 g/mol. The van der Waals surface area contributed by atoms with Crippen molar-refractivity contribution in [3.8, 4) is 5.75 Å². The molecular formula is C25H28N2O6S. The summed E-state index contributed by atoms with van der Waals surface area (Å²) in [7, 11) is 3.25. The molecule has 0 saturated carbocycles. The van der Waals surface area contributed by atoms with Crippen molar-refractivity contribution in [1.29, 1.82) is 0 Å². The molecule has 0 saturated heterocycles. The van der Waals surface area contributed by atoms with Crippen LogP contribution < -0.4 is 10.1 Å². The Kier molecular flexibility index (Phi) is 8.12. The Balaban J connectivity index is 1.79. The quantitative estimate of drug-likeness (QED) is 0.427. The monoisotopic (exact) mass is 484 g/mol. The number of thiophene rings is 1. The summed E-state index contributed by atoms with van der Waals surface area (Å²) in [5.41, 5.74) is 1.63. The normalized spacial score (nSPS) is 10.6. The van der Waals surface area contributed by atoms with E-state index in [4.69, 9.17) is 13.9 Å². The minimum absolute atomic E-state index is 0.0581. The van der Waals surface area contributed by atoms with Crippen molar-refractivity contribution in [2.24, 2.45) is 0 Å². The molecule has 9 heteroatoms. The van der Waals surface area contributed by atoms with Crippen molar-refractivity contribution in [2.75, 3.05) is 26.0 Å². The summed E-state index contributed by atoms with van der Waals surface area (Å²) in [6.07, 6.45) is 0.653. The number of amides is 2. The van der Waals surface area contributed by atoms with Gasteiger partial charge in [0, 0.05) is 14.1 Å². The molecule has 3 aromatic rings. The van der Waals surface area contributed by atoms with Crippen molar-refractivity contribution in [3.05, 3.63) is 69.5 Å². The molecular weight excluding hydrogens is 456 g/mol. The molecule has 0 atom stereocenters. The number of benzene rings is 1. The molecule has 0 fully saturated rings. The van der Waals surface area contributed by atoms with Gasteiger partial charge in [0.1, 0.15) is 23.1 Å². The Morgan fingerprint density at radius 2 is 1.82 bits per heavy atom. The minimum atomic E-state index is -0.588. The Hall–Kier alpha value is -3.59. The summed E-state index contributed by atoms with van der Waals surface area (Å²) >= 11 is 1.03. The lowest BCUT2D eigenvalue weighted by Gasteiger charge is -2.09. The zero-order chi connectivity index (χ0) is 24.8. The number of esters is 1. The van der Waals surface area contributed by atoms with Gasteiger partial charge in [0.2, 0.25) is 0 Å². The van der Waals surface area contributed by atoms with Gasteiger partial charge in [-0.25, -0.2) is 4.79 Å². The van der Waals surface area contributed by atoms with Gasteiger partial charge < -0.3 is 24.1 Å². The van der Waals surface area contributed by atoms with E-state index in [1.54, 1.807) is 27.1 Å². The van der Waals surface area contributed by atoms with Crippen LogP contribution in [0.1, 0.15) is 60.8 Å². The fourth-order valence-electron chi connectivity index (χ4n) is 3.13. The summed E-state index contributed by atoms with van der Waals surface area (Å²) < 4.78 is 16.7. The maximum Gasteiger partial charge on any atom is 0.341 e. The second kappa shape index (κ2) is 11.0. The predicted octanol–water partition coefficient (Wildman–Crippen LogP) is 5.06. The number of nitrogens with zero attached hydrogens (tertiary/aromatic N) is 1. The van der Waals surface area contributed by atoms with Crippen LogP contribution in [0.2, 0.25) is 0 Å². The molecule has 34 heavy (non-hydrogen) atoms. The molecule has 1 N–H and O–H groups in total. The first-order valence-electron chi connectivity index (χ1n) is 10.8. The Morgan fingerprint density at radius 1 is 1.09 bits per heavy atom. The number of ether oxygens (including phenoxy) is 2. The first-order chi connectivity index (χ1) is 16.2. The second-order valence-corrected chi connectivity index (χ2v) is 8.89. The molecule has 2 aromatic heterocycles. The molecule has 0 bridgehead atoms. The molecule has 2 amide bonds. The Labute approximate surface area is 202 Å². The Bertz CT molecular complexity index is 1190. The summed E-state index contributed by atoms with van der Waals surface area (Å²) in [5, 5.41) is 2.95. The topological polar surface area (TPSA) is 98.1 Å². The van der Waals surface area contributed by atoms with Gasteiger partial charge in [-0.05, 0) is 49.6 Å². The summed E-state index contributed by atoms with van der Waals surface area (Å²) in [6, 6.07) is 10.8. The summed E-state index contributed by atoms with van der Waals surface area (Å²) in [6.45, 7) is 5.89. The van der Waals surface area contributed by atoms with Crippen molar-refractivity contribution in [3.63, 3.8) is 0 Å². The summed E-state index contributed by atoms with van der Waals surface area (Å²) in [5.74, 6) is -0.134. The average Bonchev–Trinajstić information content (AvgIpc) is 3.41. The third kappa shape index (κ3) is 5.66. The SMILES string of the molecule is CCCOC(=O)c1c(NC(=O)c2ccc(COc3ccccc3C)o2)sc(C(=O)N(C)C)c1C. The first kappa shape index (κ1) is 25.0. The van der Waals surface area contributed by atoms with E-state index in [9.17, 15) is 14.4 Å². The van der Waals surface area contributed by atoms with Gasteiger partial charge in [0.15, 0.2) is 5.76 Å². The molecule has 8 nitrogen and oxygen atoms in total. The van der Waals surface area contributed by atoms with Crippen LogP contribution in [0.15, 0.2) is 40.8 Å². The third-order valence-electron chi connectivity index (χ3n) is 4.96. The molecule has 0 radical (unpaired) electrons. The standard InChI is InChI=1S/C25H28N2O6S/c1-6-13-31-25(30)20-16(3)21(24(29)27(4)5)34-23(20)26-22(28)19-12-11-17(33-19)14-32-18-10-8-7-9-15(18)2/h7-12H,6,13-14H2,1-5H3,(H,26,28). The molecule has 2 heterocycles. The number of para-hydroxylation sites is 1. The zero-order valence-corrected chi connectivity index (χ0v) is 20.7. The van der Waals surface area contributed by atoms with Crippen LogP contribution in [0.25, 0.3) is 0 Å². The molecule has 0 unspecified atom stereocenters. The van der Waals surface area contributed by atoms with Crippen LogP contribution >= 0.6 is 11.3 Å². The van der Waals surface area contributed by atoms with E-state index in [2.05, 4.69) is 5.32 Å². The lowest BCUT2D eigenvalue weighted by atomic mass is 10.1. The number of aryl methyl sites for hydroxylation is 1. The first-order valence-corrected chi connectivity index (χ1v) is 11.6. The highest BCUT2D eigenvalue weighted by Gasteiger charge is 2.28. The highest BCUT2D eigenvalue weighted by Crippen LogP contribution is 2.35. The molecule has 180 valence electrons. The van der Waals surface area contributed by atoms with E-state index >= 15 is 0 Å². The van der Waals surface area contributed by atoms with E-state index < -0.39 is 11.9 Å². The maximum atomic E-state index is 12.9. The van der Waals surface area contributed by atoms with Crippen molar-refractivity contribution < 1.29 is 28.3 Å². The highest BCUT2D eigenvalue weighted by atomic mass is 32.1. The van der Waals surface area contributed by atoms with Gasteiger partial charge in [-0.1, -0.05) is 25.1 Å². The van der Waals surface area contributed by atoms with E-state index in [0.717, 1.165) is 22.6 Å². The zero-order valence-electron chi connectivity index (χ0n) is 19.9. The number of nitrogens with one attached hydrogen (secondary N) is 1. The largest absolute Gasteiger partial charge is 0.485 e. The number of hydrogen-bond acceptors (Lipinski definition) is 7. The van der Waals surface area contributed by atoms with Crippen LogP contribution in [-0.4, -0.2) is 43.4 Å². The molecule has 0 aliphatic heterocycles. The number of carbonyl (C=O) groups excluding carboxylic acids is 3. The van der Waals surface area contributed by atoms with Crippen molar-refractivity contribution >= 4 is 34.1 Å². The third-order valence-corrected chi connectivity index (χ3v) is 6.16. The van der Waals surface area contributed by atoms with Gasteiger partial charge in [-0.2, -0.15) is 0 Å². The molecule has 1 aromatic carbocycles. The van der Waals surface area contributed by atoms with Gasteiger partial charge >= 0.3 is 5.97 Å². The van der Waals surface area contributed by atoms with Gasteiger partial charge in [0.05, 0.1) is 17.0 Å². The molecule has 3 rings (SSSR count). The van der Waals surface area contributed by atoms with Crippen LogP contribution in [0.4, 0.5) is 5.00 Å². The lowest BCUT2D eigenvalue weighted by molar-refractivity contribution is 0.0506. The lowest BCUT2D eigenvalue weighted by Crippen LogP contribution is -2.21. The van der Waals surface area contributed by atoms with E-state index in [1.807, 2.05) is 38.1 Å². The van der Waals surface area contributed by atoms with E-state index in [1.165, 1.54) is 11.0 Å². The van der Waals surface area contributed by atoms with Crippen molar-refractivity contribution in [1.82, 2.24) is 4.90 Å². The second-order valence-electron chi connectivity index (χ2n) is 7.87. The van der Waals surface area contributed by atoms with Gasteiger partial charge in [0.25, 0.3) is 11.8 Å². The molecule has 0 aliphatic carbocycles. The van der Waals surface area contributed by atoms with Crippen LogP contribution in [0, 0.1) is 13.8 Å². The van der Waals surface area contributed by atoms with Gasteiger partial charge in [-0.3, -0.25) is 9.59 Å². The number of anilines is 1. The number of hydrogen-bond donors (Lipinski definition) is 1.